The van der Waals surface area contributed by atoms with Crippen molar-refractivity contribution in [2.45, 2.75) is 25.3 Å². The Morgan fingerprint density at radius 3 is 2.83 bits per heavy atom. The molecule has 0 spiro atoms. The van der Waals surface area contributed by atoms with Gasteiger partial charge in [0.2, 0.25) is 5.95 Å². The summed E-state index contributed by atoms with van der Waals surface area (Å²) >= 11 is 0. The van der Waals surface area contributed by atoms with E-state index in [1.807, 2.05) is 30.2 Å². The summed E-state index contributed by atoms with van der Waals surface area (Å²) in [4.78, 5) is 37.8. The van der Waals surface area contributed by atoms with E-state index in [-0.39, 0.29) is 17.5 Å². The smallest absolute Gasteiger partial charge is 0.255 e. The average molecular weight is 390 g/mol. The number of fused-ring (bicyclic) bond motifs is 1. The van der Waals surface area contributed by atoms with Crippen molar-refractivity contribution in [1.82, 2.24) is 19.4 Å². The molecule has 29 heavy (non-hydrogen) atoms. The van der Waals surface area contributed by atoms with Crippen LogP contribution in [-0.4, -0.2) is 51.5 Å². The first kappa shape index (κ1) is 18.9. The lowest BCUT2D eigenvalue weighted by Crippen LogP contribution is -2.46. The fourth-order valence-electron chi connectivity index (χ4n) is 4.04. The zero-order valence-electron chi connectivity index (χ0n) is 16.5. The Morgan fingerprint density at radius 2 is 2.10 bits per heavy atom. The number of aryl methyl sites for hydroxylation is 1. The van der Waals surface area contributed by atoms with E-state index in [4.69, 9.17) is 5.26 Å². The van der Waals surface area contributed by atoms with Gasteiger partial charge in [0.15, 0.2) is 0 Å². The van der Waals surface area contributed by atoms with Crippen molar-refractivity contribution < 1.29 is 4.79 Å². The molecule has 0 unspecified atom stereocenters. The molecule has 1 aliphatic heterocycles. The van der Waals surface area contributed by atoms with Crippen LogP contribution >= 0.6 is 0 Å². The Kier molecular flexibility index (Phi) is 4.89. The molecule has 0 atom stereocenters. The lowest BCUT2D eigenvalue weighted by molar-refractivity contribution is 0.0707. The summed E-state index contributed by atoms with van der Waals surface area (Å²) in [5.74, 6) is 0.488. The van der Waals surface area contributed by atoms with E-state index in [0.29, 0.717) is 42.3 Å². The largest absolute Gasteiger partial charge is 0.341 e. The van der Waals surface area contributed by atoms with Crippen molar-refractivity contribution in [2.24, 2.45) is 7.05 Å². The highest BCUT2D eigenvalue weighted by Crippen LogP contribution is 2.24. The fourth-order valence-corrected chi connectivity index (χ4v) is 4.04. The van der Waals surface area contributed by atoms with Gasteiger partial charge in [0.1, 0.15) is 11.8 Å². The summed E-state index contributed by atoms with van der Waals surface area (Å²) in [6.45, 7) is 1.42. The Hall–Kier alpha value is -3.47. The SMILES string of the molecule is CN(C(=O)c1cn(C)c(=O)c2c1C=CC2)C1CCN(c2nccc(C#N)n2)CC1. The van der Waals surface area contributed by atoms with Crippen LogP contribution in [0.1, 0.15) is 40.0 Å². The van der Waals surface area contributed by atoms with Crippen LogP contribution in [0.25, 0.3) is 6.08 Å². The summed E-state index contributed by atoms with van der Waals surface area (Å²) in [6, 6.07) is 3.71. The van der Waals surface area contributed by atoms with E-state index in [9.17, 15) is 9.59 Å². The van der Waals surface area contributed by atoms with Gasteiger partial charge in [0.25, 0.3) is 11.5 Å². The predicted octanol–water partition coefficient (Wildman–Crippen LogP) is 1.36. The first-order chi connectivity index (χ1) is 14.0. The monoisotopic (exact) mass is 390 g/mol. The standard InChI is InChI=1S/C21H22N6O2/c1-25-13-18(16-4-3-5-17(16)19(25)28)20(29)26(2)15-7-10-27(11-8-15)21-23-9-6-14(12-22)24-21/h3-4,6,9,13,15H,5,7-8,10-11H2,1-2H3. The Bertz CT molecular complexity index is 1090. The molecule has 2 aromatic rings. The van der Waals surface area contributed by atoms with Gasteiger partial charge in [0, 0.05) is 51.2 Å². The topological polar surface area (TPSA) is 95.1 Å². The van der Waals surface area contributed by atoms with Gasteiger partial charge in [-0.1, -0.05) is 12.2 Å². The lowest BCUT2D eigenvalue weighted by Gasteiger charge is -2.37. The highest BCUT2D eigenvalue weighted by molar-refractivity contribution is 5.98. The third kappa shape index (κ3) is 3.40. The summed E-state index contributed by atoms with van der Waals surface area (Å²) in [5.41, 5.74) is 2.32. The number of anilines is 1. The van der Waals surface area contributed by atoms with Crippen molar-refractivity contribution in [3.63, 3.8) is 0 Å². The summed E-state index contributed by atoms with van der Waals surface area (Å²) < 4.78 is 1.50. The van der Waals surface area contributed by atoms with Gasteiger partial charge >= 0.3 is 0 Å². The Labute approximate surface area is 168 Å². The zero-order chi connectivity index (χ0) is 20.5. The number of amides is 1. The molecule has 148 valence electrons. The first-order valence-corrected chi connectivity index (χ1v) is 9.64. The summed E-state index contributed by atoms with van der Waals surface area (Å²) in [7, 11) is 3.51. The molecule has 8 heteroatoms. The van der Waals surface area contributed by atoms with Gasteiger partial charge in [0.05, 0.1) is 5.56 Å². The van der Waals surface area contributed by atoms with Crippen molar-refractivity contribution in [3.05, 3.63) is 57.3 Å². The van der Waals surface area contributed by atoms with Crippen LogP contribution in [0.4, 0.5) is 5.95 Å². The van der Waals surface area contributed by atoms with Crippen LogP contribution in [0.3, 0.4) is 0 Å². The van der Waals surface area contributed by atoms with Crippen LogP contribution in [0, 0.1) is 11.3 Å². The van der Waals surface area contributed by atoms with Crippen molar-refractivity contribution in [2.75, 3.05) is 25.0 Å². The first-order valence-electron chi connectivity index (χ1n) is 9.64. The maximum Gasteiger partial charge on any atom is 0.255 e. The van der Waals surface area contributed by atoms with E-state index in [1.54, 1.807) is 30.4 Å². The van der Waals surface area contributed by atoms with E-state index in [0.717, 1.165) is 18.4 Å². The van der Waals surface area contributed by atoms with Crippen LogP contribution in [-0.2, 0) is 13.5 Å². The van der Waals surface area contributed by atoms with Gasteiger partial charge < -0.3 is 14.4 Å². The van der Waals surface area contributed by atoms with E-state index < -0.39 is 0 Å². The van der Waals surface area contributed by atoms with Gasteiger partial charge in [-0.05, 0) is 30.9 Å². The number of rotatable bonds is 3. The highest BCUT2D eigenvalue weighted by atomic mass is 16.2. The molecular formula is C21H22N6O2. The normalized spacial score (nSPS) is 15.8. The minimum atomic E-state index is -0.0652. The number of carbonyl (C=O) groups is 1. The second-order valence-corrected chi connectivity index (χ2v) is 7.45. The molecule has 0 radical (unpaired) electrons. The number of carbonyl (C=O) groups excluding carboxylic acids is 1. The molecule has 0 aromatic carbocycles. The van der Waals surface area contributed by atoms with Crippen LogP contribution in [0.2, 0.25) is 0 Å². The molecule has 2 aromatic heterocycles. The second kappa shape index (κ2) is 7.51. The molecule has 0 N–H and O–H groups in total. The lowest BCUT2D eigenvalue weighted by atomic mass is 10.0. The maximum absolute atomic E-state index is 13.2. The molecular weight excluding hydrogens is 368 g/mol. The number of nitrogens with zero attached hydrogens (tertiary/aromatic N) is 6. The number of hydrogen-bond donors (Lipinski definition) is 0. The maximum atomic E-state index is 13.2. The second-order valence-electron chi connectivity index (χ2n) is 7.45. The molecule has 8 nitrogen and oxygen atoms in total. The molecule has 1 aliphatic carbocycles. The van der Waals surface area contributed by atoms with Gasteiger partial charge in [-0.25, -0.2) is 9.97 Å². The van der Waals surface area contributed by atoms with Crippen molar-refractivity contribution in [1.29, 1.82) is 5.26 Å². The van der Waals surface area contributed by atoms with E-state index in [1.165, 1.54) is 4.57 Å². The zero-order valence-corrected chi connectivity index (χ0v) is 16.5. The molecule has 3 heterocycles. The molecule has 1 amide bonds. The van der Waals surface area contributed by atoms with Gasteiger partial charge in [-0.15, -0.1) is 0 Å². The molecule has 2 aliphatic rings. The summed E-state index contributed by atoms with van der Waals surface area (Å²) in [6.07, 6.45) is 9.18. The summed E-state index contributed by atoms with van der Waals surface area (Å²) in [5, 5.41) is 9.02. The molecule has 1 saturated heterocycles. The Balaban J connectivity index is 1.48. The average Bonchev–Trinajstić information content (AvgIpc) is 3.25. The number of allylic oxidation sites excluding steroid dienone is 1. The van der Waals surface area contributed by atoms with Gasteiger partial charge in [-0.3, -0.25) is 9.59 Å². The van der Waals surface area contributed by atoms with Gasteiger partial charge in [-0.2, -0.15) is 5.26 Å². The van der Waals surface area contributed by atoms with Crippen LogP contribution in [0.15, 0.2) is 29.3 Å². The minimum Gasteiger partial charge on any atom is -0.341 e. The molecule has 4 rings (SSSR count). The third-order valence-corrected chi connectivity index (χ3v) is 5.73. The number of pyridine rings is 1. The highest BCUT2D eigenvalue weighted by Gasteiger charge is 2.29. The fraction of sp³-hybridized carbons (Fsp3) is 0.381. The number of hydrogen-bond acceptors (Lipinski definition) is 6. The quantitative estimate of drug-likeness (QED) is 0.785. The van der Waals surface area contributed by atoms with Crippen molar-refractivity contribution >= 4 is 17.9 Å². The minimum absolute atomic E-state index is 0.0443. The predicted molar refractivity (Wildman–Crippen MR) is 108 cm³/mol. The molecule has 0 bridgehead atoms. The van der Waals surface area contributed by atoms with E-state index in [2.05, 4.69) is 9.97 Å². The van der Waals surface area contributed by atoms with E-state index >= 15 is 0 Å². The Morgan fingerprint density at radius 1 is 1.34 bits per heavy atom. The molecule has 0 saturated carbocycles. The molecule has 1 fully saturated rings. The number of aromatic nitrogens is 3. The van der Waals surface area contributed by atoms with Crippen LogP contribution < -0.4 is 10.5 Å². The third-order valence-electron chi connectivity index (χ3n) is 5.73. The number of piperidine rings is 1. The van der Waals surface area contributed by atoms with Crippen LogP contribution in [0.5, 0.6) is 0 Å². The number of nitriles is 1. The van der Waals surface area contributed by atoms with Crippen molar-refractivity contribution in [3.8, 4) is 6.07 Å².